The summed E-state index contributed by atoms with van der Waals surface area (Å²) < 4.78 is 5.19. The van der Waals surface area contributed by atoms with Crippen molar-refractivity contribution in [3.8, 4) is 5.75 Å². The van der Waals surface area contributed by atoms with Gasteiger partial charge in [-0.3, -0.25) is 9.59 Å². The van der Waals surface area contributed by atoms with Crippen molar-refractivity contribution in [2.75, 3.05) is 18.6 Å². The second-order valence-electron chi connectivity index (χ2n) is 6.66. The lowest BCUT2D eigenvalue weighted by molar-refractivity contribution is -0.121. The molecule has 0 saturated heterocycles. The van der Waals surface area contributed by atoms with Crippen LogP contribution >= 0.6 is 0 Å². The van der Waals surface area contributed by atoms with Crippen LogP contribution in [-0.4, -0.2) is 25.5 Å². The van der Waals surface area contributed by atoms with Crippen LogP contribution in [0.3, 0.4) is 0 Å². The fraction of sp³-hybridized carbons (Fsp3) is 0.364. The van der Waals surface area contributed by atoms with Crippen molar-refractivity contribution in [2.24, 2.45) is 0 Å². The molecule has 2 aromatic rings. The van der Waals surface area contributed by atoms with Crippen LogP contribution < -0.4 is 15.0 Å². The molecule has 5 heteroatoms. The van der Waals surface area contributed by atoms with Crippen LogP contribution in [0.4, 0.5) is 5.69 Å². The Balaban J connectivity index is 2.27. The number of aryl methyl sites for hydroxylation is 2. The first-order valence-corrected chi connectivity index (χ1v) is 9.14. The molecule has 2 rings (SSSR count). The number of anilines is 1. The summed E-state index contributed by atoms with van der Waals surface area (Å²) >= 11 is 0. The molecule has 0 saturated carbocycles. The van der Waals surface area contributed by atoms with Crippen LogP contribution in [0.25, 0.3) is 0 Å². The average molecular weight is 368 g/mol. The number of benzene rings is 2. The van der Waals surface area contributed by atoms with Gasteiger partial charge in [0, 0.05) is 19.2 Å². The summed E-state index contributed by atoms with van der Waals surface area (Å²) in [4.78, 5) is 26.5. The summed E-state index contributed by atoms with van der Waals surface area (Å²) in [6, 6.07) is 13.1. The van der Waals surface area contributed by atoms with E-state index < -0.39 is 0 Å². The molecule has 1 N–H and O–H groups in total. The lowest BCUT2D eigenvalue weighted by atomic mass is 10.0. The third kappa shape index (κ3) is 5.33. The highest BCUT2D eigenvalue weighted by molar-refractivity contribution is 5.95. The second kappa shape index (κ2) is 9.21. The number of carbonyl (C=O) groups excluding carboxylic acids is 2. The lowest BCUT2D eigenvalue weighted by Crippen LogP contribution is -2.36. The third-order valence-electron chi connectivity index (χ3n) is 4.55. The Morgan fingerprint density at radius 1 is 1.11 bits per heavy atom. The smallest absolute Gasteiger partial charge is 0.229 e. The van der Waals surface area contributed by atoms with E-state index in [-0.39, 0.29) is 24.3 Å². The fourth-order valence-corrected chi connectivity index (χ4v) is 3.11. The van der Waals surface area contributed by atoms with E-state index in [4.69, 9.17) is 4.74 Å². The van der Waals surface area contributed by atoms with Gasteiger partial charge in [-0.1, -0.05) is 24.3 Å². The van der Waals surface area contributed by atoms with Crippen LogP contribution in [0.5, 0.6) is 5.75 Å². The van der Waals surface area contributed by atoms with Gasteiger partial charge in [0.1, 0.15) is 5.75 Å². The molecule has 2 aromatic carbocycles. The molecule has 0 aliphatic rings. The molecule has 1 atom stereocenters. The van der Waals surface area contributed by atoms with Crippen molar-refractivity contribution in [3.05, 3.63) is 59.2 Å². The zero-order valence-corrected chi connectivity index (χ0v) is 16.7. The van der Waals surface area contributed by atoms with Gasteiger partial charge in [-0.05, 0) is 55.7 Å². The highest BCUT2D eigenvalue weighted by Crippen LogP contribution is 2.26. The van der Waals surface area contributed by atoms with E-state index in [1.807, 2.05) is 63.2 Å². The molecule has 0 bridgehead atoms. The van der Waals surface area contributed by atoms with E-state index >= 15 is 0 Å². The number of nitrogens with one attached hydrogen (secondary N) is 1. The van der Waals surface area contributed by atoms with Gasteiger partial charge in [0.05, 0.1) is 19.6 Å². The van der Waals surface area contributed by atoms with E-state index in [0.29, 0.717) is 6.54 Å². The van der Waals surface area contributed by atoms with Crippen LogP contribution in [0.1, 0.15) is 43.0 Å². The maximum absolute atomic E-state index is 13.1. The molecule has 144 valence electrons. The topological polar surface area (TPSA) is 58.6 Å². The molecular formula is C22H28N2O3. The highest BCUT2D eigenvalue weighted by Gasteiger charge is 2.22. The van der Waals surface area contributed by atoms with Crippen molar-refractivity contribution in [2.45, 2.75) is 40.2 Å². The van der Waals surface area contributed by atoms with Crippen LogP contribution in [0.2, 0.25) is 0 Å². The summed E-state index contributed by atoms with van der Waals surface area (Å²) in [6.45, 7) is 8.00. The minimum atomic E-state index is -0.389. The minimum Gasteiger partial charge on any atom is -0.497 e. The highest BCUT2D eigenvalue weighted by atomic mass is 16.5. The van der Waals surface area contributed by atoms with Gasteiger partial charge < -0.3 is 15.0 Å². The summed E-state index contributed by atoms with van der Waals surface area (Å²) in [7, 11) is 1.60. The summed E-state index contributed by atoms with van der Waals surface area (Å²) in [5.41, 5.74) is 3.95. The number of rotatable bonds is 7. The number of nitrogens with zero attached hydrogens (tertiary/aromatic N) is 1. The van der Waals surface area contributed by atoms with Crippen molar-refractivity contribution in [3.63, 3.8) is 0 Å². The van der Waals surface area contributed by atoms with Crippen molar-refractivity contribution in [1.82, 2.24) is 5.32 Å². The quantitative estimate of drug-likeness (QED) is 0.805. The number of ether oxygens (including phenoxy) is 1. The van der Waals surface area contributed by atoms with Crippen LogP contribution in [0, 0.1) is 13.8 Å². The summed E-state index contributed by atoms with van der Waals surface area (Å²) in [5.74, 6) is 0.538. The third-order valence-corrected chi connectivity index (χ3v) is 4.55. The van der Waals surface area contributed by atoms with E-state index in [1.54, 1.807) is 12.0 Å². The largest absolute Gasteiger partial charge is 0.497 e. The first-order chi connectivity index (χ1) is 12.8. The number of hydrogen-bond donors (Lipinski definition) is 1. The van der Waals surface area contributed by atoms with Gasteiger partial charge in [0.25, 0.3) is 0 Å². The Morgan fingerprint density at radius 3 is 2.33 bits per heavy atom. The predicted molar refractivity (Wildman–Crippen MR) is 108 cm³/mol. The molecule has 5 nitrogen and oxygen atoms in total. The van der Waals surface area contributed by atoms with E-state index in [1.165, 1.54) is 6.92 Å². The fourth-order valence-electron chi connectivity index (χ4n) is 3.11. The molecule has 0 spiro atoms. The number of carbonyl (C=O) groups is 2. The van der Waals surface area contributed by atoms with Gasteiger partial charge >= 0.3 is 0 Å². The molecular weight excluding hydrogens is 340 g/mol. The first kappa shape index (κ1) is 20.5. The Morgan fingerprint density at radius 2 is 1.78 bits per heavy atom. The average Bonchev–Trinajstić information content (AvgIpc) is 2.64. The van der Waals surface area contributed by atoms with Gasteiger partial charge in [-0.25, -0.2) is 0 Å². The van der Waals surface area contributed by atoms with Gasteiger partial charge in [-0.2, -0.15) is 0 Å². The monoisotopic (exact) mass is 368 g/mol. The maximum atomic E-state index is 13.1. The standard InChI is InChI=1S/C22H28N2O3/c1-6-24(21-13-15(2)7-8-16(21)3)22(26)14-20(23-17(4)25)18-9-11-19(27-5)12-10-18/h7-13,20H,6,14H2,1-5H3,(H,23,25). The molecule has 0 fully saturated rings. The van der Waals surface area contributed by atoms with Crippen LogP contribution in [0.15, 0.2) is 42.5 Å². The van der Waals surface area contributed by atoms with Gasteiger partial charge in [-0.15, -0.1) is 0 Å². The molecule has 0 aliphatic heterocycles. The summed E-state index contributed by atoms with van der Waals surface area (Å²) in [6.07, 6.45) is 0.188. The Hall–Kier alpha value is -2.82. The van der Waals surface area contributed by atoms with Crippen molar-refractivity contribution < 1.29 is 14.3 Å². The molecule has 1 unspecified atom stereocenters. The Labute approximate surface area is 161 Å². The Kier molecular flexibility index (Phi) is 6.99. The zero-order valence-electron chi connectivity index (χ0n) is 16.7. The van der Waals surface area contributed by atoms with Crippen LogP contribution in [-0.2, 0) is 9.59 Å². The number of amides is 2. The SMILES string of the molecule is CCN(C(=O)CC(NC(C)=O)c1ccc(OC)cc1)c1cc(C)ccc1C. The molecule has 0 aliphatic carbocycles. The molecule has 0 radical (unpaired) electrons. The minimum absolute atomic E-state index is 0.0271. The summed E-state index contributed by atoms with van der Waals surface area (Å²) in [5, 5.41) is 2.89. The van der Waals surface area contributed by atoms with Crippen molar-refractivity contribution in [1.29, 1.82) is 0 Å². The molecule has 27 heavy (non-hydrogen) atoms. The Bertz CT molecular complexity index is 800. The number of hydrogen-bond acceptors (Lipinski definition) is 3. The van der Waals surface area contributed by atoms with Crippen molar-refractivity contribution >= 4 is 17.5 Å². The number of methoxy groups -OCH3 is 1. The first-order valence-electron chi connectivity index (χ1n) is 9.14. The van der Waals surface area contributed by atoms with Gasteiger partial charge in [0.2, 0.25) is 11.8 Å². The second-order valence-corrected chi connectivity index (χ2v) is 6.66. The molecule has 2 amide bonds. The van der Waals surface area contributed by atoms with Gasteiger partial charge in [0.15, 0.2) is 0 Å². The zero-order chi connectivity index (χ0) is 20.0. The normalized spacial score (nSPS) is 11.6. The molecule has 0 aromatic heterocycles. The maximum Gasteiger partial charge on any atom is 0.229 e. The predicted octanol–water partition coefficient (Wildman–Crippen LogP) is 3.93. The lowest BCUT2D eigenvalue weighted by Gasteiger charge is -2.26. The molecule has 0 heterocycles. The van der Waals surface area contributed by atoms with E-state index in [9.17, 15) is 9.59 Å². The van der Waals surface area contributed by atoms with E-state index in [0.717, 1.165) is 28.1 Å². The van der Waals surface area contributed by atoms with E-state index in [2.05, 4.69) is 5.32 Å².